The Bertz CT molecular complexity index is 313. The normalized spacial score (nSPS) is 12.2. The number of alkyl halides is 1. The first kappa shape index (κ1) is 30.6. The summed E-state index contributed by atoms with van der Waals surface area (Å²) < 4.78 is 33.1. The highest BCUT2D eigenvalue weighted by Crippen LogP contribution is 2.29. The van der Waals surface area contributed by atoms with Crippen LogP contribution in [0.4, 0.5) is 0 Å². The molecule has 0 aromatic heterocycles. The number of rotatable bonds is 17. The first-order valence-corrected chi connectivity index (χ1v) is 14.2. The zero-order valence-corrected chi connectivity index (χ0v) is 21.4. The van der Waals surface area contributed by atoms with E-state index in [1.807, 2.05) is 20.8 Å². The van der Waals surface area contributed by atoms with Crippen molar-refractivity contribution in [3.05, 3.63) is 0 Å². The Morgan fingerprint density at radius 2 is 1.18 bits per heavy atom. The van der Waals surface area contributed by atoms with Crippen LogP contribution in [0.5, 0.6) is 0 Å². The molecule has 0 saturated carbocycles. The third-order valence-electron chi connectivity index (χ3n) is 4.09. The number of hydrogen-bond acceptors (Lipinski definition) is 8. The van der Waals surface area contributed by atoms with Crippen LogP contribution in [0.1, 0.15) is 40.0 Å². The summed E-state index contributed by atoms with van der Waals surface area (Å²) in [5, 5.41) is 0. The predicted molar refractivity (Wildman–Crippen MR) is 119 cm³/mol. The molecular formula is C17H43ClN2O6Si2. The van der Waals surface area contributed by atoms with E-state index < -0.39 is 17.6 Å². The van der Waals surface area contributed by atoms with Gasteiger partial charge in [0.15, 0.2) is 0 Å². The van der Waals surface area contributed by atoms with Crippen LogP contribution in [-0.4, -0.2) is 77.7 Å². The molecule has 0 aliphatic carbocycles. The molecule has 0 aliphatic rings. The molecule has 8 nitrogen and oxygen atoms in total. The summed E-state index contributed by atoms with van der Waals surface area (Å²) >= 11 is 5.66. The van der Waals surface area contributed by atoms with E-state index in [4.69, 9.17) is 49.6 Å². The maximum absolute atomic E-state index is 5.66. The second-order valence-corrected chi connectivity index (χ2v) is 12.2. The van der Waals surface area contributed by atoms with Crippen molar-refractivity contribution >= 4 is 29.2 Å². The maximum atomic E-state index is 5.66. The molecule has 0 aliphatic heterocycles. The summed E-state index contributed by atoms with van der Waals surface area (Å²) in [6.07, 6.45) is 2.52. The summed E-state index contributed by atoms with van der Waals surface area (Å²) in [4.78, 5) is 0. The van der Waals surface area contributed by atoms with Crippen LogP contribution in [0.25, 0.3) is 0 Å². The van der Waals surface area contributed by atoms with Crippen LogP contribution < -0.4 is 11.5 Å². The molecule has 0 aromatic rings. The SMILES string of the molecule is CCO[Si](CCCCl)(OCC)OCC.CO[Si](OC)(OC)C(CCN)CCN. The van der Waals surface area contributed by atoms with Crippen molar-refractivity contribution in [1.29, 1.82) is 0 Å². The molecule has 0 bridgehead atoms. The summed E-state index contributed by atoms with van der Waals surface area (Å²) in [5.74, 6) is 0.627. The minimum Gasteiger partial charge on any atom is -0.377 e. The van der Waals surface area contributed by atoms with E-state index in [-0.39, 0.29) is 5.54 Å². The van der Waals surface area contributed by atoms with E-state index >= 15 is 0 Å². The molecule has 28 heavy (non-hydrogen) atoms. The van der Waals surface area contributed by atoms with Gasteiger partial charge in [-0.05, 0) is 53.1 Å². The van der Waals surface area contributed by atoms with Gasteiger partial charge in [0.2, 0.25) is 0 Å². The summed E-state index contributed by atoms with van der Waals surface area (Å²) in [6, 6.07) is 0.812. The number of hydrogen-bond donors (Lipinski definition) is 2. The van der Waals surface area contributed by atoms with E-state index in [2.05, 4.69) is 0 Å². The zero-order valence-electron chi connectivity index (χ0n) is 18.6. The minimum absolute atomic E-state index is 0.192. The van der Waals surface area contributed by atoms with E-state index in [1.165, 1.54) is 0 Å². The van der Waals surface area contributed by atoms with E-state index in [0.29, 0.717) is 38.8 Å². The van der Waals surface area contributed by atoms with Crippen molar-refractivity contribution in [3.63, 3.8) is 0 Å². The van der Waals surface area contributed by atoms with E-state index in [0.717, 1.165) is 25.3 Å². The number of nitrogens with two attached hydrogens (primary N) is 2. The molecule has 11 heteroatoms. The lowest BCUT2D eigenvalue weighted by Crippen LogP contribution is -2.48. The van der Waals surface area contributed by atoms with Crippen LogP contribution in [0.2, 0.25) is 11.6 Å². The van der Waals surface area contributed by atoms with Gasteiger partial charge in [0.1, 0.15) is 0 Å². The second-order valence-electron chi connectivity index (χ2n) is 5.84. The van der Waals surface area contributed by atoms with Gasteiger partial charge in [-0.2, -0.15) is 0 Å². The summed E-state index contributed by atoms with van der Waals surface area (Å²) in [7, 11) is -0.119. The zero-order chi connectivity index (χ0) is 21.9. The first-order valence-electron chi connectivity index (χ1n) is 9.98. The van der Waals surface area contributed by atoms with Gasteiger partial charge in [0, 0.05) is 58.6 Å². The predicted octanol–water partition coefficient (Wildman–Crippen LogP) is 2.60. The topological polar surface area (TPSA) is 107 Å². The standard InChI is InChI=1S/C9H21ClO3Si.C8H22N2O3Si/c1-4-11-14(12-5-2,13-6-3)9-7-8-10;1-11-14(12-2,13-3)8(4-6-9)5-7-10/h4-9H2,1-3H3;8H,4-7,9-10H2,1-3H3. The molecule has 0 rings (SSSR count). The monoisotopic (exact) mass is 462 g/mol. The molecule has 0 spiro atoms. The quantitative estimate of drug-likeness (QED) is 0.251. The Morgan fingerprint density at radius 1 is 0.786 bits per heavy atom. The first-order chi connectivity index (χ1) is 13.4. The molecule has 0 fully saturated rings. The van der Waals surface area contributed by atoms with Crippen molar-refractivity contribution in [1.82, 2.24) is 0 Å². The Morgan fingerprint density at radius 3 is 1.43 bits per heavy atom. The third-order valence-corrected chi connectivity index (χ3v) is 10.8. The lowest BCUT2D eigenvalue weighted by Gasteiger charge is -2.32. The van der Waals surface area contributed by atoms with E-state index in [1.54, 1.807) is 21.3 Å². The van der Waals surface area contributed by atoms with E-state index in [9.17, 15) is 0 Å². The van der Waals surface area contributed by atoms with Gasteiger partial charge in [-0.25, -0.2) is 0 Å². The molecule has 0 saturated heterocycles. The molecule has 0 heterocycles. The van der Waals surface area contributed by atoms with Crippen LogP contribution >= 0.6 is 11.6 Å². The number of halogens is 1. The largest absolute Gasteiger partial charge is 0.503 e. The van der Waals surface area contributed by atoms with Crippen molar-refractivity contribution in [3.8, 4) is 0 Å². The van der Waals surface area contributed by atoms with Gasteiger partial charge < -0.3 is 38.0 Å². The molecule has 0 unspecified atom stereocenters. The van der Waals surface area contributed by atoms with Gasteiger partial charge in [0.25, 0.3) is 0 Å². The van der Waals surface area contributed by atoms with Crippen LogP contribution in [0, 0.1) is 0 Å². The Labute approximate surface area is 179 Å². The highest BCUT2D eigenvalue weighted by molar-refractivity contribution is 6.62. The molecule has 0 aromatic carbocycles. The molecule has 172 valence electrons. The lowest BCUT2D eigenvalue weighted by atomic mass is 10.2. The summed E-state index contributed by atoms with van der Waals surface area (Å²) in [5.41, 5.74) is 11.3. The van der Waals surface area contributed by atoms with Gasteiger partial charge in [-0.15, -0.1) is 11.6 Å². The summed E-state index contributed by atoms with van der Waals surface area (Å²) in [6.45, 7) is 8.96. The molecule has 0 atom stereocenters. The van der Waals surface area contributed by atoms with Gasteiger partial charge >= 0.3 is 17.6 Å². The van der Waals surface area contributed by atoms with Gasteiger partial charge in [-0.1, -0.05) is 0 Å². The van der Waals surface area contributed by atoms with Crippen LogP contribution in [-0.2, 0) is 26.6 Å². The van der Waals surface area contributed by atoms with Crippen molar-refractivity contribution in [2.45, 2.75) is 51.6 Å². The van der Waals surface area contributed by atoms with Crippen molar-refractivity contribution in [2.24, 2.45) is 11.5 Å². The highest BCUT2D eigenvalue weighted by Gasteiger charge is 2.46. The minimum atomic E-state index is -2.55. The fourth-order valence-electron chi connectivity index (χ4n) is 2.93. The third kappa shape index (κ3) is 11.6. The Hall–Kier alpha value is 0.404. The fraction of sp³-hybridized carbons (Fsp3) is 1.00. The average molecular weight is 463 g/mol. The maximum Gasteiger partial charge on any atom is 0.503 e. The Kier molecular flexibility index (Phi) is 21.2. The molecule has 4 N–H and O–H groups in total. The van der Waals surface area contributed by atoms with Crippen molar-refractivity contribution < 1.29 is 26.6 Å². The second kappa shape index (κ2) is 19.4. The smallest absolute Gasteiger partial charge is 0.377 e. The van der Waals surface area contributed by atoms with Crippen LogP contribution in [0.15, 0.2) is 0 Å². The van der Waals surface area contributed by atoms with Gasteiger partial charge in [0.05, 0.1) is 0 Å². The molecular weight excluding hydrogens is 420 g/mol. The van der Waals surface area contributed by atoms with Crippen LogP contribution in [0.3, 0.4) is 0 Å². The van der Waals surface area contributed by atoms with Crippen molar-refractivity contribution in [2.75, 3.05) is 60.1 Å². The average Bonchev–Trinajstić information content (AvgIpc) is 2.70. The lowest BCUT2D eigenvalue weighted by molar-refractivity contribution is 0.0712. The Balaban J connectivity index is 0. The molecule has 0 amide bonds. The highest BCUT2D eigenvalue weighted by atomic mass is 35.5. The fourth-order valence-corrected chi connectivity index (χ4v) is 8.45. The van der Waals surface area contributed by atoms with Gasteiger partial charge in [-0.3, -0.25) is 0 Å². The molecule has 0 radical (unpaired) electrons.